The molecule has 7 heteroatoms. The summed E-state index contributed by atoms with van der Waals surface area (Å²) in [5.41, 5.74) is 8.15. The van der Waals surface area contributed by atoms with Crippen molar-refractivity contribution in [3.05, 3.63) is 125 Å². The van der Waals surface area contributed by atoms with Crippen LogP contribution in [-0.2, 0) is 0 Å². The highest BCUT2D eigenvalue weighted by atomic mass is 16.4. The zero-order valence-corrected chi connectivity index (χ0v) is 23.8. The van der Waals surface area contributed by atoms with Crippen molar-refractivity contribution in [2.24, 2.45) is 0 Å². The van der Waals surface area contributed by atoms with Gasteiger partial charge in [-0.05, 0) is 70.8 Å². The Morgan fingerprint density at radius 1 is 0.600 bits per heavy atom. The lowest BCUT2D eigenvalue weighted by molar-refractivity contribution is -0.462. The monoisotopic (exact) mass is 538 g/mol. The van der Waals surface area contributed by atoms with E-state index >= 15 is 0 Å². The summed E-state index contributed by atoms with van der Waals surface area (Å²) in [6.07, 6.45) is 8.78. The molecular formula is C33H36N3O4+. The van der Waals surface area contributed by atoms with Crippen molar-refractivity contribution in [3.8, 4) is 0 Å². The van der Waals surface area contributed by atoms with E-state index in [9.17, 15) is 9.59 Å². The van der Waals surface area contributed by atoms with Gasteiger partial charge in [-0.1, -0.05) is 36.4 Å². The minimum atomic E-state index is -1.23. The number of aromatic carboxylic acids is 2. The smallest absolute Gasteiger partial charge is 0.336 e. The number of rotatable bonds is 6. The fourth-order valence-electron chi connectivity index (χ4n) is 4.13. The van der Waals surface area contributed by atoms with E-state index < -0.39 is 11.9 Å². The quantitative estimate of drug-likeness (QED) is 0.401. The normalized spacial score (nSPS) is 11.8. The maximum atomic E-state index is 10.5. The third-order valence-corrected chi connectivity index (χ3v) is 6.41. The second-order valence-corrected chi connectivity index (χ2v) is 9.85. The Bertz CT molecular complexity index is 1380. The van der Waals surface area contributed by atoms with Crippen molar-refractivity contribution >= 4 is 34.6 Å². The molecule has 0 aromatic heterocycles. The Labute approximate surface area is 235 Å². The van der Waals surface area contributed by atoms with Crippen LogP contribution in [0.15, 0.2) is 103 Å². The second kappa shape index (κ2) is 13.2. The molecule has 0 saturated heterocycles. The fourth-order valence-corrected chi connectivity index (χ4v) is 4.13. The lowest BCUT2D eigenvalue weighted by Crippen LogP contribution is -2.10. The molecule has 7 nitrogen and oxygen atoms in total. The number of anilines is 2. The van der Waals surface area contributed by atoms with E-state index in [0.29, 0.717) is 0 Å². The standard InChI is InChI=1S/C25H30N3.C8H6O4/c1-26(2)22-13-7-19(8-14-22)25(20-9-15-23(16-10-20)27(3)4)21-11-17-24(18-12-21)28(5)6;9-7(10)5-3-1-2-4-6(5)8(11)12/h7-18H,1-6H3;1-4H,(H,9,10)(H,11,12)/q+1;. The Morgan fingerprint density at radius 3 is 1.27 bits per heavy atom. The molecule has 40 heavy (non-hydrogen) atoms. The zero-order chi connectivity index (χ0) is 29.4. The summed E-state index contributed by atoms with van der Waals surface area (Å²) in [5, 5.41) is 17.1. The van der Waals surface area contributed by atoms with E-state index in [-0.39, 0.29) is 11.1 Å². The number of carboxylic acid groups (broad SMARTS) is 2. The molecule has 0 aliphatic heterocycles. The Morgan fingerprint density at radius 2 is 0.975 bits per heavy atom. The third-order valence-electron chi connectivity index (χ3n) is 6.41. The van der Waals surface area contributed by atoms with Crippen molar-refractivity contribution in [2.75, 3.05) is 52.1 Å². The first-order chi connectivity index (χ1) is 19.0. The van der Waals surface area contributed by atoms with E-state index in [1.165, 1.54) is 63.6 Å². The Balaban J connectivity index is 0.000000307. The predicted molar refractivity (Wildman–Crippen MR) is 163 cm³/mol. The maximum Gasteiger partial charge on any atom is 0.336 e. The van der Waals surface area contributed by atoms with Gasteiger partial charge in [-0.3, -0.25) is 0 Å². The van der Waals surface area contributed by atoms with Gasteiger partial charge < -0.3 is 20.0 Å². The number of benzene rings is 3. The fraction of sp³-hybridized carbons (Fsp3) is 0.182. The molecule has 0 amide bonds. The number of carbonyl (C=O) groups is 2. The number of carboxylic acids is 2. The van der Waals surface area contributed by atoms with Gasteiger partial charge in [0, 0.05) is 51.7 Å². The van der Waals surface area contributed by atoms with Gasteiger partial charge in [0.2, 0.25) is 0 Å². The van der Waals surface area contributed by atoms with Crippen molar-refractivity contribution in [1.82, 2.24) is 0 Å². The van der Waals surface area contributed by atoms with Crippen LogP contribution in [0.4, 0.5) is 11.4 Å². The van der Waals surface area contributed by atoms with E-state index in [1.54, 1.807) is 0 Å². The second-order valence-electron chi connectivity index (χ2n) is 9.85. The molecule has 3 aromatic rings. The molecule has 0 fully saturated rings. The molecule has 0 bridgehead atoms. The van der Waals surface area contributed by atoms with Crippen LogP contribution in [0.2, 0.25) is 0 Å². The van der Waals surface area contributed by atoms with E-state index in [0.717, 1.165) is 0 Å². The summed E-state index contributed by atoms with van der Waals surface area (Å²) >= 11 is 0. The first kappa shape index (κ1) is 29.6. The van der Waals surface area contributed by atoms with Gasteiger partial charge in [0.05, 0.1) is 11.1 Å². The molecule has 0 atom stereocenters. The summed E-state index contributed by atoms with van der Waals surface area (Å²) in [5.74, 6) is -2.46. The van der Waals surface area contributed by atoms with Gasteiger partial charge in [-0.15, -0.1) is 0 Å². The Hall–Kier alpha value is -4.91. The molecule has 2 N–H and O–H groups in total. The van der Waals surface area contributed by atoms with Crippen LogP contribution >= 0.6 is 0 Å². The number of hydrogen-bond donors (Lipinski definition) is 2. The van der Waals surface area contributed by atoms with Crippen LogP contribution < -0.4 is 9.80 Å². The summed E-state index contributed by atoms with van der Waals surface area (Å²) < 4.78 is 2.13. The number of allylic oxidation sites excluding steroid dienone is 5. The minimum Gasteiger partial charge on any atom is -0.478 e. The van der Waals surface area contributed by atoms with Crippen LogP contribution in [0.3, 0.4) is 0 Å². The van der Waals surface area contributed by atoms with Crippen molar-refractivity contribution in [3.63, 3.8) is 0 Å². The molecule has 4 rings (SSSR count). The van der Waals surface area contributed by atoms with Crippen LogP contribution in [0, 0.1) is 0 Å². The lowest BCUT2D eigenvalue weighted by Gasteiger charge is -2.18. The lowest BCUT2D eigenvalue weighted by atomic mass is 9.90. The van der Waals surface area contributed by atoms with Gasteiger partial charge in [0.1, 0.15) is 14.1 Å². The minimum absolute atomic E-state index is 0.190. The molecule has 0 spiro atoms. The molecule has 0 radical (unpaired) electrons. The van der Waals surface area contributed by atoms with Gasteiger partial charge in [0.15, 0.2) is 5.71 Å². The maximum absolute atomic E-state index is 10.5. The average Bonchev–Trinajstić information content (AvgIpc) is 2.94. The van der Waals surface area contributed by atoms with E-state index in [4.69, 9.17) is 10.2 Å². The zero-order valence-electron chi connectivity index (χ0n) is 23.8. The molecule has 0 heterocycles. The molecule has 206 valence electrons. The summed E-state index contributed by atoms with van der Waals surface area (Å²) in [7, 11) is 12.4. The van der Waals surface area contributed by atoms with E-state index in [2.05, 4.69) is 129 Å². The van der Waals surface area contributed by atoms with Crippen LogP contribution in [0.5, 0.6) is 0 Å². The highest BCUT2D eigenvalue weighted by Crippen LogP contribution is 2.31. The van der Waals surface area contributed by atoms with Crippen LogP contribution in [-0.4, -0.2) is 74.7 Å². The third kappa shape index (κ3) is 7.35. The van der Waals surface area contributed by atoms with Gasteiger partial charge in [-0.25, -0.2) is 14.2 Å². The highest BCUT2D eigenvalue weighted by Gasteiger charge is 2.15. The van der Waals surface area contributed by atoms with E-state index in [1.807, 2.05) is 0 Å². The molecule has 1 aliphatic carbocycles. The predicted octanol–water partition coefficient (Wildman–Crippen LogP) is 5.54. The average molecular weight is 539 g/mol. The largest absolute Gasteiger partial charge is 0.478 e. The number of hydrogen-bond acceptors (Lipinski definition) is 4. The van der Waals surface area contributed by atoms with Gasteiger partial charge >= 0.3 is 11.9 Å². The van der Waals surface area contributed by atoms with Gasteiger partial charge in [0.25, 0.3) is 0 Å². The molecule has 3 aromatic carbocycles. The van der Waals surface area contributed by atoms with Crippen LogP contribution in [0.1, 0.15) is 31.8 Å². The summed E-state index contributed by atoms with van der Waals surface area (Å²) in [6, 6.07) is 23.0. The first-order valence-electron chi connectivity index (χ1n) is 12.8. The summed E-state index contributed by atoms with van der Waals surface area (Å²) in [4.78, 5) is 25.2. The van der Waals surface area contributed by atoms with Crippen molar-refractivity contribution in [2.45, 2.75) is 0 Å². The summed E-state index contributed by atoms with van der Waals surface area (Å²) in [6.45, 7) is 0. The highest BCUT2D eigenvalue weighted by molar-refractivity contribution is 6.04. The van der Waals surface area contributed by atoms with Crippen molar-refractivity contribution in [1.29, 1.82) is 0 Å². The topological polar surface area (TPSA) is 84.1 Å². The molecule has 0 unspecified atom stereocenters. The molecular weight excluding hydrogens is 502 g/mol. The first-order valence-corrected chi connectivity index (χ1v) is 12.8. The van der Waals surface area contributed by atoms with Crippen molar-refractivity contribution < 1.29 is 24.4 Å². The number of nitrogens with zero attached hydrogens (tertiary/aromatic N) is 3. The Kier molecular flexibility index (Phi) is 9.81. The van der Waals surface area contributed by atoms with Gasteiger partial charge in [-0.2, -0.15) is 0 Å². The van der Waals surface area contributed by atoms with Crippen LogP contribution in [0.25, 0.3) is 5.57 Å². The molecule has 0 saturated carbocycles. The molecule has 1 aliphatic rings. The SMILES string of the molecule is CN(C)c1ccc(C(=C2C=CC(=[N+](C)C)C=C2)c2ccc(N(C)C)cc2)cc1.O=C(O)c1ccccc1C(=O)O.